The quantitative estimate of drug-likeness (QED) is 0.692. The van der Waals surface area contributed by atoms with Crippen molar-refractivity contribution in [3.8, 4) is 28.7 Å². The highest BCUT2D eigenvalue weighted by Gasteiger charge is 2.14. The minimum atomic E-state index is -0.00241. The van der Waals surface area contributed by atoms with E-state index >= 15 is 0 Å². The van der Waals surface area contributed by atoms with Gasteiger partial charge in [0.05, 0.1) is 5.56 Å². The lowest BCUT2D eigenvalue weighted by atomic mass is 10.2. The summed E-state index contributed by atoms with van der Waals surface area (Å²) in [6, 6.07) is 10.3. The van der Waals surface area contributed by atoms with Crippen LogP contribution in [0.1, 0.15) is 5.69 Å². The molecule has 0 radical (unpaired) electrons. The van der Waals surface area contributed by atoms with Gasteiger partial charge in [-0.15, -0.1) is 0 Å². The Balaban J connectivity index is 2.02. The molecule has 20 heavy (non-hydrogen) atoms. The fraction of sp³-hybridized carbons (Fsp3) is 0.0714. The molecule has 3 rings (SSSR count). The van der Waals surface area contributed by atoms with Crippen LogP contribution in [0.4, 0.5) is 5.69 Å². The molecule has 0 aliphatic carbocycles. The first-order chi connectivity index (χ1) is 9.63. The average molecular weight is 268 g/mol. The van der Waals surface area contributed by atoms with Crippen LogP contribution >= 0.6 is 0 Å². The van der Waals surface area contributed by atoms with E-state index in [0.717, 1.165) is 5.69 Å². The highest BCUT2D eigenvalue weighted by atomic mass is 16.5. The molecule has 0 spiro atoms. The van der Waals surface area contributed by atoms with E-state index in [1.807, 2.05) is 19.1 Å². The SMILES string of the molecule is Cc1cccc(-c2noc(-c3ccc(N)cc3O)n2)n1. The molecule has 100 valence electrons. The maximum Gasteiger partial charge on any atom is 0.262 e. The zero-order valence-electron chi connectivity index (χ0n) is 10.7. The molecular weight excluding hydrogens is 256 g/mol. The minimum absolute atomic E-state index is 0.00241. The molecular formula is C14H12N4O2. The Morgan fingerprint density at radius 2 is 2.00 bits per heavy atom. The lowest BCUT2D eigenvalue weighted by Gasteiger charge is -1.99. The number of aryl methyl sites for hydroxylation is 1. The summed E-state index contributed by atoms with van der Waals surface area (Å²) in [5, 5.41) is 13.7. The molecule has 0 aliphatic rings. The summed E-state index contributed by atoms with van der Waals surface area (Å²) in [4.78, 5) is 8.56. The average Bonchev–Trinajstić information content (AvgIpc) is 2.88. The molecule has 0 amide bonds. The molecule has 1 aromatic carbocycles. The van der Waals surface area contributed by atoms with Crippen molar-refractivity contribution in [2.24, 2.45) is 0 Å². The van der Waals surface area contributed by atoms with Crippen molar-refractivity contribution in [2.45, 2.75) is 6.92 Å². The van der Waals surface area contributed by atoms with Crippen LogP contribution in [0.5, 0.6) is 5.75 Å². The third-order valence-electron chi connectivity index (χ3n) is 2.80. The minimum Gasteiger partial charge on any atom is -0.507 e. The van der Waals surface area contributed by atoms with Gasteiger partial charge in [-0.3, -0.25) is 0 Å². The van der Waals surface area contributed by atoms with Crippen LogP contribution in [-0.2, 0) is 0 Å². The second-order valence-electron chi connectivity index (χ2n) is 4.36. The molecule has 6 heteroatoms. The van der Waals surface area contributed by atoms with Crippen LogP contribution < -0.4 is 5.73 Å². The fourth-order valence-electron chi connectivity index (χ4n) is 1.83. The number of nitrogens with zero attached hydrogens (tertiary/aromatic N) is 3. The van der Waals surface area contributed by atoms with Gasteiger partial charge < -0.3 is 15.4 Å². The largest absolute Gasteiger partial charge is 0.507 e. The molecule has 0 unspecified atom stereocenters. The van der Waals surface area contributed by atoms with Gasteiger partial charge in [0.1, 0.15) is 11.4 Å². The second-order valence-corrected chi connectivity index (χ2v) is 4.36. The zero-order valence-corrected chi connectivity index (χ0v) is 10.7. The summed E-state index contributed by atoms with van der Waals surface area (Å²) in [7, 11) is 0. The second kappa shape index (κ2) is 4.65. The Bertz CT molecular complexity index is 767. The topological polar surface area (TPSA) is 98.1 Å². The number of pyridine rings is 1. The third-order valence-corrected chi connectivity index (χ3v) is 2.80. The first-order valence-corrected chi connectivity index (χ1v) is 6.00. The van der Waals surface area contributed by atoms with Crippen LogP contribution in [0.15, 0.2) is 40.9 Å². The van der Waals surface area contributed by atoms with E-state index in [2.05, 4.69) is 15.1 Å². The number of phenols is 1. The zero-order chi connectivity index (χ0) is 14.1. The summed E-state index contributed by atoms with van der Waals surface area (Å²) in [5.41, 5.74) is 7.97. The van der Waals surface area contributed by atoms with Crippen molar-refractivity contribution in [2.75, 3.05) is 5.73 Å². The van der Waals surface area contributed by atoms with Gasteiger partial charge in [-0.05, 0) is 31.2 Å². The highest BCUT2D eigenvalue weighted by Crippen LogP contribution is 2.30. The van der Waals surface area contributed by atoms with E-state index in [1.54, 1.807) is 18.2 Å². The number of aromatic nitrogens is 3. The van der Waals surface area contributed by atoms with Crippen LogP contribution in [0.3, 0.4) is 0 Å². The number of hydrogen-bond acceptors (Lipinski definition) is 6. The Hall–Kier alpha value is -2.89. The Kier molecular flexibility index (Phi) is 2.83. The van der Waals surface area contributed by atoms with E-state index in [-0.39, 0.29) is 11.6 Å². The number of benzene rings is 1. The lowest BCUT2D eigenvalue weighted by Crippen LogP contribution is -1.88. The summed E-state index contributed by atoms with van der Waals surface area (Å²) in [5.74, 6) is 0.595. The van der Waals surface area contributed by atoms with Crippen LogP contribution in [-0.4, -0.2) is 20.2 Å². The first-order valence-electron chi connectivity index (χ1n) is 6.00. The monoisotopic (exact) mass is 268 g/mol. The molecule has 0 saturated carbocycles. The number of anilines is 1. The summed E-state index contributed by atoms with van der Waals surface area (Å²) in [6.07, 6.45) is 0. The number of hydrogen-bond donors (Lipinski definition) is 2. The van der Waals surface area contributed by atoms with Crippen LogP contribution in [0, 0.1) is 6.92 Å². The normalized spacial score (nSPS) is 10.7. The van der Waals surface area contributed by atoms with Gasteiger partial charge in [0.15, 0.2) is 0 Å². The van der Waals surface area contributed by atoms with E-state index in [1.165, 1.54) is 6.07 Å². The molecule has 2 heterocycles. The summed E-state index contributed by atoms with van der Waals surface area (Å²) < 4.78 is 5.16. The van der Waals surface area contributed by atoms with Crippen molar-refractivity contribution >= 4 is 5.69 Å². The van der Waals surface area contributed by atoms with E-state index in [0.29, 0.717) is 22.8 Å². The molecule has 6 nitrogen and oxygen atoms in total. The third kappa shape index (κ3) is 2.18. The van der Waals surface area contributed by atoms with Gasteiger partial charge in [0, 0.05) is 17.4 Å². The van der Waals surface area contributed by atoms with Crippen LogP contribution in [0.25, 0.3) is 23.0 Å². The van der Waals surface area contributed by atoms with Crippen molar-refractivity contribution in [3.63, 3.8) is 0 Å². The molecule has 0 atom stereocenters. The number of phenolic OH excluding ortho intramolecular Hbond substituents is 1. The first kappa shape index (κ1) is 12.2. The predicted octanol–water partition coefficient (Wildman–Crippen LogP) is 2.39. The van der Waals surface area contributed by atoms with Gasteiger partial charge in [-0.2, -0.15) is 4.98 Å². The van der Waals surface area contributed by atoms with Gasteiger partial charge in [-0.1, -0.05) is 11.2 Å². The molecule has 3 aromatic rings. The standard InChI is InChI=1S/C14H12N4O2/c1-8-3-2-4-11(16-8)13-17-14(20-18-13)10-6-5-9(15)7-12(10)19/h2-7,19H,15H2,1H3. The maximum atomic E-state index is 9.85. The molecule has 0 aliphatic heterocycles. The van der Waals surface area contributed by atoms with Gasteiger partial charge in [0.2, 0.25) is 5.82 Å². The Labute approximate surface area is 114 Å². The Morgan fingerprint density at radius 1 is 1.15 bits per heavy atom. The smallest absolute Gasteiger partial charge is 0.262 e. The Morgan fingerprint density at radius 3 is 2.75 bits per heavy atom. The predicted molar refractivity (Wildman–Crippen MR) is 73.8 cm³/mol. The maximum absolute atomic E-state index is 9.85. The van der Waals surface area contributed by atoms with Crippen molar-refractivity contribution in [3.05, 3.63) is 42.1 Å². The number of nitrogens with two attached hydrogens (primary N) is 1. The van der Waals surface area contributed by atoms with Crippen molar-refractivity contribution in [1.29, 1.82) is 0 Å². The summed E-state index contributed by atoms with van der Waals surface area (Å²) >= 11 is 0. The molecule has 2 aromatic heterocycles. The van der Waals surface area contributed by atoms with E-state index < -0.39 is 0 Å². The van der Waals surface area contributed by atoms with Gasteiger partial charge in [0.25, 0.3) is 5.89 Å². The van der Waals surface area contributed by atoms with Crippen LogP contribution in [0.2, 0.25) is 0 Å². The van der Waals surface area contributed by atoms with Crippen molar-refractivity contribution < 1.29 is 9.63 Å². The van der Waals surface area contributed by atoms with E-state index in [9.17, 15) is 5.11 Å². The lowest BCUT2D eigenvalue weighted by molar-refractivity contribution is 0.425. The van der Waals surface area contributed by atoms with Gasteiger partial charge in [-0.25, -0.2) is 4.98 Å². The fourth-order valence-corrected chi connectivity index (χ4v) is 1.83. The number of aromatic hydroxyl groups is 1. The molecule has 0 saturated heterocycles. The number of rotatable bonds is 2. The van der Waals surface area contributed by atoms with Gasteiger partial charge >= 0.3 is 0 Å². The van der Waals surface area contributed by atoms with Crippen molar-refractivity contribution in [1.82, 2.24) is 15.1 Å². The molecule has 3 N–H and O–H groups in total. The molecule has 0 fully saturated rings. The van der Waals surface area contributed by atoms with E-state index in [4.69, 9.17) is 10.3 Å². The molecule has 0 bridgehead atoms. The summed E-state index contributed by atoms with van der Waals surface area (Å²) in [6.45, 7) is 1.89. The highest BCUT2D eigenvalue weighted by molar-refractivity contribution is 5.67. The number of nitrogen functional groups attached to an aromatic ring is 1.